The van der Waals surface area contributed by atoms with E-state index in [9.17, 15) is 18.0 Å². The van der Waals surface area contributed by atoms with Crippen molar-refractivity contribution in [3.63, 3.8) is 0 Å². The van der Waals surface area contributed by atoms with Gasteiger partial charge in [-0.25, -0.2) is 4.79 Å². The average Bonchev–Trinajstić information content (AvgIpc) is 2.89. The first-order valence-corrected chi connectivity index (χ1v) is 6.82. The molecule has 2 aliphatic rings. The predicted octanol–water partition coefficient (Wildman–Crippen LogP) is 1.86. The number of carbonyl (C=O) groups is 1. The lowest BCUT2D eigenvalue weighted by Gasteiger charge is -2.39. The summed E-state index contributed by atoms with van der Waals surface area (Å²) >= 11 is 0. The highest BCUT2D eigenvalue weighted by atomic mass is 19.4. The number of urea groups is 1. The van der Waals surface area contributed by atoms with Gasteiger partial charge in [0.2, 0.25) is 0 Å². The van der Waals surface area contributed by atoms with Crippen molar-refractivity contribution in [2.24, 2.45) is 0 Å². The van der Waals surface area contributed by atoms with Gasteiger partial charge in [0.1, 0.15) is 6.54 Å². The van der Waals surface area contributed by atoms with E-state index >= 15 is 0 Å². The minimum absolute atomic E-state index is 0.0319. The summed E-state index contributed by atoms with van der Waals surface area (Å²) in [6.45, 7) is 0.221. The van der Waals surface area contributed by atoms with Crippen molar-refractivity contribution in [2.45, 2.75) is 50.4 Å². The van der Waals surface area contributed by atoms with Gasteiger partial charge in [0.25, 0.3) is 0 Å². The molecule has 0 radical (unpaired) electrons. The highest BCUT2D eigenvalue weighted by Gasteiger charge is 2.35. The summed E-state index contributed by atoms with van der Waals surface area (Å²) < 4.78 is 36.4. The molecule has 0 aromatic heterocycles. The Morgan fingerprint density at radius 2 is 2.05 bits per heavy atom. The van der Waals surface area contributed by atoms with E-state index in [1.54, 1.807) is 4.90 Å². The van der Waals surface area contributed by atoms with Crippen LogP contribution in [-0.2, 0) is 0 Å². The molecule has 2 saturated heterocycles. The summed E-state index contributed by atoms with van der Waals surface area (Å²) in [5, 5.41) is 5.32. The number of amides is 2. The minimum atomic E-state index is -4.35. The van der Waals surface area contributed by atoms with Crippen LogP contribution in [0.15, 0.2) is 0 Å². The second-order valence-corrected chi connectivity index (χ2v) is 5.23. The Morgan fingerprint density at radius 3 is 2.68 bits per heavy atom. The molecule has 0 bridgehead atoms. The molecule has 2 fully saturated rings. The van der Waals surface area contributed by atoms with E-state index < -0.39 is 18.8 Å². The number of likely N-dealkylation sites (tertiary alicyclic amines) is 1. The van der Waals surface area contributed by atoms with Crippen molar-refractivity contribution in [1.82, 2.24) is 15.5 Å². The van der Waals surface area contributed by atoms with E-state index in [4.69, 9.17) is 0 Å². The standard InChI is InChI=1S/C12H20F3N3O/c13-12(14,15)8-17-11(19)18-7-2-1-5-10(18)9-4-3-6-16-9/h9-10,16H,1-8H2,(H,17,19). The smallest absolute Gasteiger partial charge is 0.329 e. The van der Waals surface area contributed by atoms with Crippen LogP contribution in [0.1, 0.15) is 32.1 Å². The molecule has 2 aliphatic heterocycles. The zero-order valence-electron chi connectivity index (χ0n) is 10.8. The summed E-state index contributed by atoms with van der Waals surface area (Å²) in [6, 6.07) is -0.322. The molecule has 7 heteroatoms. The summed E-state index contributed by atoms with van der Waals surface area (Å²) in [5.41, 5.74) is 0. The fourth-order valence-corrected chi connectivity index (χ4v) is 2.95. The monoisotopic (exact) mass is 279 g/mol. The summed E-state index contributed by atoms with van der Waals surface area (Å²) in [5.74, 6) is 0. The van der Waals surface area contributed by atoms with Crippen LogP contribution in [0.3, 0.4) is 0 Å². The quantitative estimate of drug-likeness (QED) is 0.810. The molecule has 0 spiro atoms. The Hall–Kier alpha value is -0.980. The van der Waals surface area contributed by atoms with Crippen molar-refractivity contribution in [3.8, 4) is 0 Å². The lowest BCUT2D eigenvalue weighted by molar-refractivity contribution is -0.123. The molecule has 2 N–H and O–H groups in total. The molecule has 110 valence electrons. The maximum Gasteiger partial charge on any atom is 0.405 e. The number of alkyl halides is 3. The first kappa shape index (κ1) is 14.4. The van der Waals surface area contributed by atoms with Crippen LogP contribution >= 0.6 is 0 Å². The Kier molecular flexibility index (Phi) is 4.54. The number of nitrogens with zero attached hydrogens (tertiary/aromatic N) is 1. The van der Waals surface area contributed by atoms with Gasteiger partial charge in [-0.2, -0.15) is 13.2 Å². The molecule has 0 aromatic rings. The Balaban J connectivity index is 1.92. The Bertz CT molecular complexity index is 316. The van der Waals surface area contributed by atoms with Gasteiger partial charge in [-0.3, -0.25) is 0 Å². The zero-order valence-corrected chi connectivity index (χ0v) is 10.8. The van der Waals surface area contributed by atoms with Gasteiger partial charge in [-0.05, 0) is 38.6 Å². The van der Waals surface area contributed by atoms with E-state index in [1.807, 2.05) is 5.32 Å². The first-order chi connectivity index (χ1) is 8.97. The maximum atomic E-state index is 12.1. The number of halogens is 3. The van der Waals surface area contributed by atoms with Gasteiger partial charge in [0.15, 0.2) is 0 Å². The highest BCUT2D eigenvalue weighted by molar-refractivity contribution is 5.74. The molecule has 2 amide bonds. The lowest BCUT2D eigenvalue weighted by atomic mass is 9.95. The van der Waals surface area contributed by atoms with Crippen molar-refractivity contribution in [2.75, 3.05) is 19.6 Å². The average molecular weight is 279 g/mol. The maximum absolute atomic E-state index is 12.1. The van der Waals surface area contributed by atoms with E-state index in [2.05, 4.69) is 5.32 Å². The summed E-state index contributed by atoms with van der Waals surface area (Å²) in [7, 11) is 0. The zero-order chi connectivity index (χ0) is 13.9. The van der Waals surface area contributed by atoms with Gasteiger partial charge >= 0.3 is 12.2 Å². The fraction of sp³-hybridized carbons (Fsp3) is 0.917. The van der Waals surface area contributed by atoms with Crippen LogP contribution in [0.5, 0.6) is 0 Å². The molecule has 0 aliphatic carbocycles. The van der Waals surface area contributed by atoms with Gasteiger partial charge in [0.05, 0.1) is 0 Å². The largest absolute Gasteiger partial charge is 0.405 e. The lowest BCUT2D eigenvalue weighted by Crippen LogP contribution is -2.56. The third-order valence-electron chi connectivity index (χ3n) is 3.81. The highest BCUT2D eigenvalue weighted by Crippen LogP contribution is 2.24. The molecule has 2 rings (SSSR count). The van der Waals surface area contributed by atoms with Crippen LogP contribution in [0, 0.1) is 0 Å². The molecule has 2 unspecified atom stereocenters. The van der Waals surface area contributed by atoms with E-state index in [1.165, 1.54) is 0 Å². The van der Waals surface area contributed by atoms with Crippen molar-refractivity contribution in [1.29, 1.82) is 0 Å². The Labute approximate surface area is 110 Å². The third kappa shape index (κ3) is 3.99. The summed E-state index contributed by atoms with van der Waals surface area (Å²) in [4.78, 5) is 13.5. The van der Waals surface area contributed by atoms with Crippen molar-refractivity contribution >= 4 is 6.03 Å². The van der Waals surface area contributed by atoms with Crippen LogP contribution < -0.4 is 10.6 Å². The van der Waals surface area contributed by atoms with E-state index in [-0.39, 0.29) is 12.1 Å². The van der Waals surface area contributed by atoms with Gasteiger partial charge in [0, 0.05) is 18.6 Å². The molecular formula is C12H20F3N3O. The summed E-state index contributed by atoms with van der Waals surface area (Å²) in [6.07, 6.45) is 0.477. The van der Waals surface area contributed by atoms with Gasteiger partial charge in [-0.15, -0.1) is 0 Å². The number of carbonyl (C=O) groups excluding carboxylic acids is 1. The molecule has 19 heavy (non-hydrogen) atoms. The SMILES string of the molecule is O=C(NCC(F)(F)F)N1CCCCC1C1CCCN1. The first-order valence-electron chi connectivity index (χ1n) is 6.82. The van der Waals surface area contributed by atoms with Crippen molar-refractivity contribution < 1.29 is 18.0 Å². The number of hydrogen-bond donors (Lipinski definition) is 2. The minimum Gasteiger partial charge on any atom is -0.329 e. The normalized spacial score (nSPS) is 28.5. The molecule has 2 atom stereocenters. The molecule has 2 heterocycles. The number of rotatable bonds is 2. The number of piperidine rings is 1. The van der Waals surface area contributed by atoms with E-state index in [0.29, 0.717) is 6.54 Å². The molecule has 4 nitrogen and oxygen atoms in total. The van der Waals surface area contributed by atoms with Gasteiger partial charge in [-0.1, -0.05) is 0 Å². The molecule has 0 saturated carbocycles. The topological polar surface area (TPSA) is 44.4 Å². The second kappa shape index (κ2) is 5.98. The third-order valence-corrected chi connectivity index (χ3v) is 3.81. The molecular weight excluding hydrogens is 259 g/mol. The van der Waals surface area contributed by atoms with E-state index in [0.717, 1.165) is 38.6 Å². The molecule has 0 aromatic carbocycles. The predicted molar refractivity (Wildman–Crippen MR) is 64.8 cm³/mol. The van der Waals surface area contributed by atoms with Crippen LogP contribution in [-0.4, -0.2) is 48.8 Å². The van der Waals surface area contributed by atoms with Gasteiger partial charge < -0.3 is 15.5 Å². The van der Waals surface area contributed by atoms with Crippen LogP contribution in [0.4, 0.5) is 18.0 Å². The second-order valence-electron chi connectivity index (χ2n) is 5.23. The Morgan fingerprint density at radius 1 is 1.26 bits per heavy atom. The number of nitrogens with one attached hydrogen (secondary N) is 2. The van der Waals surface area contributed by atoms with Crippen LogP contribution in [0.25, 0.3) is 0 Å². The van der Waals surface area contributed by atoms with Crippen molar-refractivity contribution in [3.05, 3.63) is 0 Å². The fourth-order valence-electron chi connectivity index (χ4n) is 2.95. The number of hydrogen-bond acceptors (Lipinski definition) is 2. The van der Waals surface area contributed by atoms with Crippen LogP contribution in [0.2, 0.25) is 0 Å².